The number of pyridine rings is 1. The molecule has 5 nitrogen and oxygen atoms in total. The van der Waals surface area contributed by atoms with Crippen LogP contribution >= 0.6 is 12.2 Å². The zero-order valence-electron chi connectivity index (χ0n) is 9.24. The van der Waals surface area contributed by atoms with Crippen molar-refractivity contribution in [3.63, 3.8) is 0 Å². The molecule has 0 radical (unpaired) electrons. The fourth-order valence-corrected chi connectivity index (χ4v) is 1.60. The number of hydrogen-bond acceptors (Lipinski definition) is 4. The minimum atomic E-state index is -0.444. The van der Waals surface area contributed by atoms with Crippen LogP contribution in [0, 0.1) is 10.1 Å². The van der Waals surface area contributed by atoms with Crippen molar-refractivity contribution < 1.29 is 4.92 Å². The lowest BCUT2D eigenvalue weighted by molar-refractivity contribution is -0.384. The number of nitro benzene ring substituents is 1. The quantitative estimate of drug-likeness (QED) is 0.521. The highest BCUT2D eigenvalue weighted by molar-refractivity contribution is 7.81. The molecule has 1 aromatic carbocycles. The Hall–Kier alpha value is -2.34. The van der Waals surface area contributed by atoms with Crippen molar-refractivity contribution in [2.45, 2.75) is 0 Å². The van der Waals surface area contributed by atoms with Crippen LogP contribution in [-0.4, -0.2) is 14.9 Å². The molecule has 1 heterocycles. The summed E-state index contributed by atoms with van der Waals surface area (Å²) in [5.74, 6) is 0. The number of nitrogens with zero attached hydrogens (tertiary/aromatic N) is 2. The lowest BCUT2D eigenvalue weighted by atomic mass is 10.2. The average Bonchev–Trinajstić information content (AvgIpc) is 2.40. The lowest BCUT2D eigenvalue weighted by Gasteiger charge is -2.06. The second-order valence-electron chi connectivity index (χ2n) is 3.47. The summed E-state index contributed by atoms with van der Waals surface area (Å²) in [4.78, 5) is 14.6. The first-order valence-electron chi connectivity index (χ1n) is 5.13. The lowest BCUT2D eigenvalue weighted by Crippen LogP contribution is -2.11. The number of aromatic nitrogens is 1. The minimum Gasteiger partial charge on any atom is -0.345 e. The van der Waals surface area contributed by atoms with Crippen molar-refractivity contribution in [3.8, 4) is 0 Å². The van der Waals surface area contributed by atoms with Gasteiger partial charge in [-0.1, -0.05) is 18.3 Å². The summed E-state index contributed by atoms with van der Waals surface area (Å²) in [6.07, 6.45) is 1.65. The van der Waals surface area contributed by atoms with E-state index in [4.69, 9.17) is 12.2 Å². The van der Waals surface area contributed by atoms with Gasteiger partial charge in [-0.05, 0) is 24.3 Å². The molecule has 90 valence electrons. The normalized spacial score (nSPS) is 9.78. The molecule has 0 bridgehead atoms. The maximum atomic E-state index is 10.5. The van der Waals surface area contributed by atoms with Crippen LogP contribution in [0.15, 0.2) is 48.7 Å². The largest absolute Gasteiger partial charge is 0.345 e. The first-order valence-corrected chi connectivity index (χ1v) is 5.54. The van der Waals surface area contributed by atoms with E-state index in [1.54, 1.807) is 30.5 Å². The summed E-state index contributed by atoms with van der Waals surface area (Å²) in [5, 5.41) is 13.5. The van der Waals surface area contributed by atoms with Crippen molar-refractivity contribution in [1.82, 2.24) is 4.98 Å². The van der Waals surface area contributed by atoms with Gasteiger partial charge in [0, 0.05) is 24.0 Å². The molecule has 0 aliphatic carbocycles. The second kappa shape index (κ2) is 5.33. The zero-order valence-corrected chi connectivity index (χ0v) is 10.1. The Bertz CT molecular complexity index is 570. The van der Waals surface area contributed by atoms with Gasteiger partial charge in [0.15, 0.2) is 0 Å². The van der Waals surface area contributed by atoms with Crippen LogP contribution in [0.2, 0.25) is 0 Å². The number of non-ortho nitro benzene ring substituents is 1. The summed E-state index contributed by atoms with van der Waals surface area (Å²) in [7, 11) is 0. The van der Waals surface area contributed by atoms with Crippen molar-refractivity contribution in [2.75, 3.05) is 5.32 Å². The first-order chi connectivity index (χ1) is 8.66. The van der Waals surface area contributed by atoms with E-state index in [-0.39, 0.29) is 5.69 Å². The molecule has 0 aliphatic rings. The van der Waals surface area contributed by atoms with E-state index in [1.807, 2.05) is 6.07 Å². The summed E-state index contributed by atoms with van der Waals surface area (Å²) in [6.45, 7) is 0. The second-order valence-corrected chi connectivity index (χ2v) is 3.88. The van der Waals surface area contributed by atoms with E-state index < -0.39 is 4.92 Å². The molecular formula is C12H9N3O2S. The highest BCUT2D eigenvalue weighted by atomic mass is 32.1. The number of anilines is 1. The first kappa shape index (κ1) is 12.1. The van der Waals surface area contributed by atoms with E-state index in [2.05, 4.69) is 10.3 Å². The van der Waals surface area contributed by atoms with Gasteiger partial charge in [-0.25, -0.2) is 0 Å². The predicted octanol–water partition coefficient (Wildman–Crippen LogP) is 2.78. The molecule has 2 rings (SSSR count). The van der Waals surface area contributed by atoms with E-state index in [0.29, 0.717) is 16.4 Å². The summed E-state index contributed by atoms with van der Waals surface area (Å²) >= 11 is 5.18. The molecular weight excluding hydrogens is 250 g/mol. The van der Waals surface area contributed by atoms with Crippen molar-refractivity contribution >= 4 is 28.6 Å². The maximum Gasteiger partial charge on any atom is 0.269 e. The zero-order chi connectivity index (χ0) is 13.0. The van der Waals surface area contributed by atoms with Crippen molar-refractivity contribution in [1.29, 1.82) is 0 Å². The van der Waals surface area contributed by atoms with Gasteiger partial charge in [0.1, 0.15) is 4.99 Å². The summed E-state index contributed by atoms with van der Waals surface area (Å²) in [5.41, 5.74) is 1.39. The van der Waals surface area contributed by atoms with Gasteiger partial charge < -0.3 is 5.32 Å². The Morgan fingerprint density at radius 1 is 1.22 bits per heavy atom. The third kappa shape index (κ3) is 2.86. The van der Waals surface area contributed by atoms with Gasteiger partial charge in [0.2, 0.25) is 0 Å². The van der Waals surface area contributed by atoms with Crippen LogP contribution in [0.4, 0.5) is 11.4 Å². The number of thiocarbonyl (C=S) groups is 1. The summed E-state index contributed by atoms with van der Waals surface area (Å²) in [6, 6.07) is 11.5. The standard InChI is InChI=1S/C12H9N3O2S/c16-15(17)10-6-4-9(5-7-10)14-12(18)11-3-1-2-8-13-11/h1-8H,(H,14,18). The number of benzene rings is 1. The molecule has 0 saturated heterocycles. The van der Waals surface area contributed by atoms with Crippen LogP contribution < -0.4 is 5.32 Å². The van der Waals surface area contributed by atoms with Crippen molar-refractivity contribution in [2.24, 2.45) is 0 Å². The van der Waals surface area contributed by atoms with Gasteiger partial charge in [-0.3, -0.25) is 15.1 Å². The predicted molar refractivity (Wildman–Crippen MR) is 72.7 cm³/mol. The SMILES string of the molecule is O=[N+]([O-])c1ccc(NC(=S)c2ccccn2)cc1. The molecule has 0 fully saturated rings. The van der Waals surface area contributed by atoms with Gasteiger partial charge in [0.25, 0.3) is 5.69 Å². The van der Waals surface area contributed by atoms with Gasteiger partial charge in [0.05, 0.1) is 10.6 Å². The highest BCUT2D eigenvalue weighted by Gasteiger charge is 2.06. The van der Waals surface area contributed by atoms with E-state index in [0.717, 1.165) is 0 Å². The van der Waals surface area contributed by atoms with Gasteiger partial charge in [-0.2, -0.15) is 0 Å². The van der Waals surface area contributed by atoms with Gasteiger partial charge >= 0.3 is 0 Å². The van der Waals surface area contributed by atoms with Crippen LogP contribution in [0.25, 0.3) is 0 Å². The molecule has 0 aliphatic heterocycles. The number of hydrogen-bond donors (Lipinski definition) is 1. The molecule has 0 unspecified atom stereocenters. The average molecular weight is 259 g/mol. The molecule has 1 N–H and O–H groups in total. The van der Waals surface area contributed by atoms with E-state index in [1.165, 1.54) is 12.1 Å². The van der Waals surface area contributed by atoms with Crippen LogP contribution in [-0.2, 0) is 0 Å². The number of rotatable bonds is 3. The van der Waals surface area contributed by atoms with Crippen molar-refractivity contribution in [3.05, 3.63) is 64.5 Å². The molecule has 18 heavy (non-hydrogen) atoms. The molecule has 1 aromatic heterocycles. The molecule has 6 heteroatoms. The molecule has 0 spiro atoms. The fraction of sp³-hybridized carbons (Fsp3) is 0. The Morgan fingerprint density at radius 3 is 2.50 bits per heavy atom. The van der Waals surface area contributed by atoms with E-state index >= 15 is 0 Å². The Kier molecular flexibility index (Phi) is 3.59. The highest BCUT2D eigenvalue weighted by Crippen LogP contribution is 2.16. The number of nitro groups is 1. The smallest absolute Gasteiger partial charge is 0.269 e. The third-order valence-corrected chi connectivity index (χ3v) is 2.54. The van der Waals surface area contributed by atoms with E-state index in [9.17, 15) is 10.1 Å². The topological polar surface area (TPSA) is 68.1 Å². The van der Waals surface area contributed by atoms with Gasteiger partial charge in [-0.15, -0.1) is 0 Å². The third-order valence-electron chi connectivity index (χ3n) is 2.23. The Labute approximate surface area is 109 Å². The van der Waals surface area contributed by atoms with Crippen LogP contribution in [0.5, 0.6) is 0 Å². The Balaban J connectivity index is 2.10. The molecule has 2 aromatic rings. The molecule has 0 atom stereocenters. The van der Waals surface area contributed by atoms with Crippen LogP contribution in [0.3, 0.4) is 0 Å². The molecule has 0 saturated carbocycles. The Morgan fingerprint density at radius 2 is 1.94 bits per heavy atom. The minimum absolute atomic E-state index is 0.0457. The summed E-state index contributed by atoms with van der Waals surface area (Å²) < 4.78 is 0. The fourth-order valence-electron chi connectivity index (χ4n) is 1.36. The monoisotopic (exact) mass is 259 g/mol. The van der Waals surface area contributed by atoms with Crippen LogP contribution in [0.1, 0.15) is 5.69 Å². The maximum absolute atomic E-state index is 10.5. The number of nitrogens with one attached hydrogen (secondary N) is 1. The molecule has 0 amide bonds.